The van der Waals surface area contributed by atoms with Gasteiger partial charge in [-0.1, -0.05) is 6.07 Å². The van der Waals surface area contributed by atoms with E-state index < -0.39 is 17.7 Å². The average molecular weight is 335 g/mol. The van der Waals surface area contributed by atoms with E-state index in [1.165, 1.54) is 31.3 Å². The first-order chi connectivity index (χ1) is 11.4. The van der Waals surface area contributed by atoms with Crippen LogP contribution < -0.4 is 10.6 Å². The molecule has 1 amide bonds. The number of anilines is 1. The van der Waals surface area contributed by atoms with Crippen molar-refractivity contribution in [3.05, 3.63) is 53.2 Å². The molecule has 6 nitrogen and oxygen atoms in total. The van der Waals surface area contributed by atoms with Crippen LogP contribution in [-0.4, -0.2) is 48.7 Å². The third kappa shape index (κ3) is 4.02. The van der Waals surface area contributed by atoms with E-state index in [-0.39, 0.29) is 23.7 Å². The fraction of sp³-hybridized carbons (Fsp3) is 0.312. The molecule has 1 unspecified atom stereocenters. The minimum atomic E-state index is -0.600. The van der Waals surface area contributed by atoms with Crippen molar-refractivity contribution >= 4 is 11.7 Å². The maximum Gasteiger partial charge on any atom is 0.271 e. The van der Waals surface area contributed by atoms with Gasteiger partial charge in [-0.2, -0.15) is 0 Å². The van der Waals surface area contributed by atoms with E-state index in [1.807, 2.05) is 0 Å². The fourth-order valence-corrected chi connectivity index (χ4v) is 2.25. The highest BCUT2D eigenvalue weighted by molar-refractivity contribution is 5.91. The summed E-state index contributed by atoms with van der Waals surface area (Å²) >= 11 is 0. The number of carbonyl (C=O) groups is 1. The Morgan fingerprint density at radius 2 is 1.83 bits per heavy atom. The summed E-state index contributed by atoms with van der Waals surface area (Å²) < 4.78 is 28.0. The molecule has 1 heterocycles. The molecule has 0 bridgehead atoms. The first kappa shape index (κ1) is 17.7. The second kappa shape index (κ2) is 7.78. The van der Waals surface area contributed by atoms with Gasteiger partial charge in [0.25, 0.3) is 5.91 Å². The van der Waals surface area contributed by atoms with Crippen LogP contribution in [0.3, 0.4) is 0 Å². The molecule has 128 valence electrons. The predicted octanol–water partition coefficient (Wildman–Crippen LogP) is 1.83. The van der Waals surface area contributed by atoms with E-state index in [9.17, 15) is 13.6 Å². The van der Waals surface area contributed by atoms with Gasteiger partial charge < -0.3 is 15.5 Å². The molecule has 1 aromatic carbocycles. The molecule has 2 rings (SSSR count). The zero-order valence-corrected chi connectivity index (χ0v) is 13.7. The number of nitrogens with one attached hydrogen (secondary N) is 2. The average Bonchev–Trinajstić information content (AvgIpc) is 2.57. The second-order valence-corrected chi connectivity index (χ2v) is 5.38. The molecule has 0 saturated carbocycles. The van der Waals surface area contributed by atoms with Crippen LogP contribution in [0.15, 0.2) is 30.3 Å². The van der Waals surface area contributed by atoms with Crippen molar-refractivity contribution in [3.63, 3.8) is 0 Å². The molecule has 0 fully saturated rings. The SMILES string of the molecule is CNC(=O)c1ccc(NCC(c2c(F)cccc2F)N(C)C)nn1. The lowest BCUT2D eigenvalue weighted by molar-refractivity contribution is 0.0957. The summed E-state index contributed by atoms with van der Waals surface area (Å²) in [6, 6.07) is 6.35. The van der Waals surface area contributed by atoms with Gasteiger partial charge in [0.1, 0.15) is 17.5 Å². The molecule has 1 atom stereocenters. The molecule has 0 aliphatic heterocycles. The van der Waals surface area contributed by atoms with Crippen LogP contribution in [-0.2, 0) is 0 Å². The number of halogens is 2. The first-order valence-electron chi connectivity index (χ1n) is 7.34. The first-order valence-corrected chi connectivity index (χ1v) is 7.34. The Balaban J connectivity index is 2.14. The topological polar surface area (TPSA) is 70.2 Å². The number of carbonyl (C=O) groups excluding carboxylic acids is 1. The van der Waals surface area contributed by atoms with Crippen molar-refractivity contribution in [2.75, 3.05) is 33.0 Å². The highest BCUT2D eigenvalue weighted by Gasteiger charge is 2.22. The Labute approximate surface area is 138 Å². The van der Waals surface area contributed by atoms with E-state index in [1.54, 1.807) is 25.1 Å². The standard InChI is InChI=1S/C16H19F2N5O/c1-19-16(24)12-7-8-14(22-21-12)20-9-13(23(2)3)15-10(17)5-4-6-11(15)18/h4-8,13H,9H2,1-3H3,(H,19,24)(H,20,22). The smallest absolute Gasteiger partial charge is 0.271 e. The summed E-state index contributed by atoms with van der Waals surface area (Å²) in [6.07, 6.45) is 0. The number of hydrogen-bond acceptors (Lipinski definition) is 5. The molecular weight excluding hydrogens is 316 g/mol. The van der Waals surface area contributed by atoms with Crippen LogP contribution in [0.4, 0.5) is 14.6 Å². The number of hydrogen-bond donors (Lipinski definition) is 2. The Morgan fingerprint density at radius 1 is 1.17 bits per heavy atom. The second-order valence-electron chi connectivity index (χ2n) is 5.38. The number of rotatable bonds is 6. The highest BCUT2D eigenvalue weighted by atomic mass is 19.1. The Hall–Kier alpha value is -2.61. The van der Waals surface area contributed by atoms with Crippen LogP contribution in [0, 0.1) is 11.6 Å². The minimum absolute atomic E-state index is 0.00931. The summed E-state index contributed by atoms with van der Waals surface area (Å²) in [5.41, 5.74) is 0.178. The van der Waals surface area contributed by atoms with E-state index >= 15 is 0 Å². The van der Waals surface area contributed by atoms with Gasteiger partial charge in [0, 0.05) is 19.2 Å². The van der Waals surface area contributed by atoms with Gasteiger partial charge in [0.2, 0.25) is 0 Å². The molecule has 0 aliphatic rings. The van der Waals surface area contributed by atoms with Crippen LogP contribution in [0.25, 0.3) is 0 Å². The molecule has 0 radical (unpaired) electrons. The summed E-state index contributed by atoms with van der Waals surface area (Å²) in [7, 11) is 4.97. The van der Waals surface area contributed by atoms with Gasteiger partial charge in [-0.3, -0.25) is 4.79 Å². The van der Waals surface area contributed by atoms with Gasteiger partial charge in [0.15, 0.2) is 5.69 Å². The maximum atomic E-state index is 14.0. The van der Waals surface area contributed by atoms with E-state index in [0.29, 0.717) is 5.82 Å². The van der Waals surface area contributed by atoms with Gasteiger partial charge >= 0.3 is 0 Å². The lowest BCUT2D eigenvalue weighted by Crippen LogP contribution is -2.29. The molecule has 0 spiro atoms. The van der Waals surface area contributed by atoms with Crippen molar-refractivity contribution in [1.29, 1.82) is 0 Å². The van der Waals surface area contributed by atoms with Crippen molar-refractivity contribution in [3.8, 4) is 0 Å². The normalized spacial score (nSPS) is 12.1. The molecule has 24 heavy (non-hydrogen) atoms. The molecule has 2 aromatic rings. The van der Waals surface area contributed by atoms with Crippen molar-refractivity contribution < 1.29 is 13.6 Å². The molecule has 8 heteroatoms. The summed E-state index contributed by atoms with van der Waals surface area (Å²) in [5, 5.41) is 13.1. The lowest BCUT2D eigenvalue weighted by atomic mass is 10.0. The van der Waals surface area contributed by atoms with Gasteiger partial charge in [-0.15, -0.1) is 10.2 Å². The summed E-state index contributed by atoms with van der Waals surface area (Å²) in [5.74, 6) is -1.13. The van der Waals surface area contributed by atoms with E-state index in [0.717, 1.165) is 0 Å². The molecule has 1 aromatic heterocycles. The largest absolute Gasteiger partial charge is 0.367 e. The van der Waals surface area contributed by atoms with Crippen molar-refractivity contribution in [2.24, 2.45) is 0 Å². The molecular formula is C16H19F2N5O. The summed E-state index contributed by atoms with van der Waals surface area (Å²) in [4.78, 5) is 13.1. The zero-order valence-electron chi connectivity index (χ0n) is 13.7. The van der Waals surface area contributed by atoms with Crippen LogP contribution in [0.5, 0.6) is 0 Å². The third-order valence-corrected chi connectivity index (χ3v) is 3.56. The fourth-order valence-electron chi connectivity index (χ4n) is 2.25. The number of aromatic nitrogens is 2. The molecule has 0 saturated heterocycles. The van der Waals surface area contributed by atoms with Crippen LogP contribution >= 0.6 is 0 Å². The number of nitrogens with zero attached hydrogens (tertiary/aromatic N) is 3. The van der Waals surface area contributed by atoms with Crippen molar-refractivity contribution in [1.82, 2.24) is 20.4 Å². The Bertz CT molecular complexity index is 686. The Morgan fingerprint density at radius 3 is 2.33 bits per heavy atom. The molecule has 0 aliphatic carbocycles. The van der Waals surface area contributed by atoms with E-state index in [2.05, 4.69) is 20.8 Å². The summed E-state index contributed by atoms with van der Waals surface area (Å²) in [6.45, 7) is 0.221. The predicted molar refractivity (Wildman–Crippen MR) is 86.7 cm³/mol. The highest BCUT2D eigenvalue weighted by Crippen LogP contribution is 2.24. The van der Waals surface area contributed by atoms with E-state index in [4.69, 9.17) is 0 Å². The zero-order chi connectivity index (χ0) is 17.7. The van der Waals surface area contributed by atoms with Crippen LogP contribution in [0.2, 0.25) is 0 Å². The van der Waals surface area contributed by atoms with Crippen molar-refractivity contribution in [2.45, 2.75) is 6.04 Å². The molecule has 2 N–H and O–H groups in total. The third-order valence-electron chi connectivity index (χ3n) is 3.56. The number of likely N-dealkylation sites (N-methyl/N-ethyl adjacent to an activating group) is 1. The monoisotopic (exact) mass is 335 g/mol. The van der Waals surface area contributed by atoms with Crippen LogP contribution in [0.1, 0.15) is 22.1 Å². The number of amides is 1. The number of benzene rings is 1. The quantitative estimate of drug-likeness (QED) is 0.843. The van der Waals surface area contributed by atoms with Gasteiger partial charge in [-0.05, 0) is 38.4 Å². The van der Waals surface area contributed by atoms with Gasteiger partial charge in [0.05, 0.1) is 6.04 Å². The van der Waals surface area contributed by atoms with Gasteiger partial charge in [-0.25, -0.2) is 8.78 Å². The lowest BCUT2D eigenvalue weighted by Gasteiger charge is -2.26. The maximum absolute atomic E-state index is 14.0. The Kier molecular flexibility index (Phi) is 5.75. The minimum Gasteiger partial charge on any atom is -0.367 e.